The Kier molecular flexibility index (Phi) is 4.80. The standard InChI is InChI=1S/C13H13ClFNO2S2/c1-16(9-10-3-2-4-11(15)7-10)20(17,18)13-5-6-19-12(13)8-14/h2-7H,8-9H2,1H3. The Hall–Kier alpha value is -0.950. The second-order valence-corrected chi connectivity index (χ2v) is 7.51. The molecule has 0 aliphatic carbocycles. The highest BCUT2D eigenvalue weighted by Gasteiger charge is 2.24. The number of halogens is 2. The molecule has 0 saturated heterocycles. The number of thiophene rings is 1. The summed E-state index contributed by atoms with van der Waals surface area (Å²) in [5.74, 6) is -0.231. The largest absolute Gasteiger partial charge is 0.244 e. The predicted octanol–water partition coefficient (Wildman–Crippen LogP) is 3.45. The highest BCUT2D eigenvalue weighted by atomic mass is 35.5. The minimum absolute atomic E-state index is 0.109. The minimum atomic E-state index is -3.61. The van der Waals surface area contributed by atoms with E-state index >= 15 is 0 Å². The zero-order valence-electron chi connectivity index (χ0n) is 10.7. The molecule has 0 atom stereocenters. The van der Waals surface area contributed by atoms with Gasteiger partial charge in [-0.2, -0.15) is 4.31 Å². The average Bonchev–Trinajstić information content (AvgIpc) is 2.87. The molecule has 108 valence electrons. The van der Waals surface area contributed by atoms with Crippen LogP contribution in [-0.2, 0) is 22.4 Å². The summed E-state index contributed by atoms with van der Waals surface area (Å²) < 4.78 is 39.2. The molecule has 1 aromatic heterocycles. The van der Waals surface area contributed by atoms with Crippen molar-refractivity contribution >= 4 is 33.0 Å². The third kappa shape index (κ3) is 3.20. The number of hydrogen-bond donors (Lipinski definition) is 0. The SMILES string of the molecule is CN(Cc1cccc(F)c1)S(=O)(=O)c1ccsc1CCl. The fraction of sp³-hybridized carbons (Fsp3) is 0.231. The lowest BCUT2D eigenvalue weighted by Gasteiger charge is -2.17. The lowest BCUT2D eigenvalue weighted by atomic mass is 10.2. The Balaban J connectivity index is 2.26. The Morgan fingerprint density at radius 3 is 2.75 bits per heavy atom. The number of benzene rings is 1. The fourth-order valence-electron chi connectivity index (χ4n) is 1.80. The molecular weight excluding hydrogens is 321 g/mol. The molecule has 0 radical (unpaired) electrons. The first-order valence-corrected chi connectivity index (χ1v) is 8.63. The number of alkyl halides is 1. The van der Waals surface area contributed by atoms with Crippen molar-refractivity contribution in [3.05, 3.63) is 52.0 Å². The quantitative estimate of drug-likeness (QED) is 0.786. The fourth-order valence-corrected chi connectivity index (χ4v) is 4.63. The maximum absolute atomic E-state index is 13.1. The van der Waals surface area contributed by atoms with Gasteiger partial charge in [-0.3, -0.25) is 0 Å². The van der Waals surface area contributed by atoms with Crippen molar-refractivity contribution in [2.24, 2.45) is 0 Å². The van der Waals surface area contributed by atoms with E-state index in [9.17, 15) is 12.8 Å². The number of rotatable bonds is 5. The van der Waals surface area contributed by atoms with Gasteiger partial charge in [0.2, 0.25) is 10.0 Å². The van der Waals surface area contributed by atoms with E-state index in [0.717, 1.165) is 0 Å². The van der Waals surface area contributed by atoms with Crippen LogP contribution in [0, 0.1) is 5.82 Å². The van der Waals surface area contributed by atoms with Crippen LogP contribution in [0.25, 0.3) is 0 Å². The van der Waals surface area contributed by atoms with Crippen LogP contribution in [0.2, 0.25) is 0 Å². The van der Waals surface area contributed by atoms with Crippen LogP contribution in [0.5, 0.6) is 0 Å². The average molecular weight is 334 g/mol. The van der Waals surface area contributed by atoms with Gasteiger partial charge in [-0.1, -0.05) is 12.1 Å². The van der Waals surface area contributed by atoms with Crippen molar-refractivity contribution < 1.29 is 12.8 Å². The maximum atomic E-state index is 13.1. The van der Waals surface area contributed by atoms with E-state index in [1.807, 2.05) is 0 Å². The summed E-state index contributed by atoms with van der Waals surface area (Å²) in [7, 11) is -2.14. The van der Waals surface area contributed by atoms with Gasteiger partial charge in [-0.15, -0.1) is 22.9 Å². The van der Waals surface area contributed by atoms with Crippen LogP contribution in [0.4, 0.5) is 4.39 Å². The molecule has 2 rings (SSSR count). The van der Waals surface area contributed by atoms with Gasteiger partial charge in [0.15, 0.2) is 0 Å². The summed E-state index contributed by atoms with van der Waals surface area (Å²) in [6.45, 7) is 0.109. The van der Waals surface area contributed by atoms with Gasteiger partial charge >= 0.3 is 0 Å². The van der Waals surface area contributed by atoms with Gasteiger partial charge < -0.3 is 0 Å². The molecule has 0 fully saturated rings. The zero-order chi connectivity index (χ0) is 14.8. The summed E-state index contributed by atoms with van der Waals surface area (Å²) in [5.41, 5.74) is 0.596. The molecule has 0 spiro atoms. The van der Waals surface area contributed by atoms with Crippen LogP contribution < -0.4 is 0 Å². The van der Waals surface area contributed by atoms with E-state index in [4.69, 9.17) is 11.6 Å². The zero-order valence-corrected chi connectivity index (χ0v) is 13.1. The summed E-state index contributed by atoms with van der Waals surface area (Å²) in [6.07, 6.45) is 0. The van der Waals surface area contributed by atoms with Gasteiger partial charge in [0.25, 0.3) is 0 Å². The van der Waals surface area contributed by atoms with Crippen molar-refractivity contribution in [1.29, 1.82) is 0 Å². The van der Waals surface area contributed by atoms with E-state index in [-0.39, 0.29) is 23.1 Å². The van der Waals surface area contributed by atoms with Crippen LogP contribution in [-0.4, -0.2) is 19.8 Å². The molecule has 20 heavy (non-hydrogen) atoms. The molecule has 0 aliphatic heterocycles. The monoisotopic (exact) mass is 333 g/mol. The van der Waals surface area contributed by atoms with Crippen molar-refractivity contribution in [3.63, 3.8) is 0 Å². The van der Waals surface area contributed by atoms with Gasteiger partial charge in [0.05, 0.1) is 10.8 Å². The van der Waals surface area contributed by atoms with Crippen molar-refractivity contribution in [3.8, 4) is 0 Å². The van der Waals surface area contributed by atoms with Crippen LogP contribution in [0.3, 0.4) is 0 Å². The van der Waals surface area contributed by atoms with Crippen molar-refractivity contribution in [2.75, 3.05) is 7.05 Å². The minimum Gasteiger partial charge on any atom is -0.207 e. The summed E-state index contributed by atoms with van der Waals surface area (Å²) in [4.78, 5) is 0.828. The first-order chi connectivity index (χ1) is 9.45. The number of nitrogens with zero attached hydrogens (tertiary/aromatic N) is 1. The van der Waals surface area contributed by atoms with Crippen LogP contribution >= 0.6 is 22.9 Å². The molecule has 0 N–H and O–H groups in total. The lowest BCUT2D eigenvalue weighted by Crippen LogP contribution is -2.26. The molecule has 3 nitrogen and oxygen atoms in total. The van der Waals surface area contributed by atoms with Crippen LogP contribution in [0.1, 0.15) is 10.4 Å². The van der Waals surface area contributed by atoms with E-state index in [1.54, 1.807) is 23.6 Å². The second kappa shape index (κ2) is 6.22. The predicted molar refractivity (Wildman–Crippen MR) is 78.9 cm³/mol. The number of hydrogen-bond acceptors (Lipinski definition) is 3. The third-order valence-electron chi connectivity index (χ3n) is 2.81. The number of sulfonamides is 1. The normalized spacial score (nSPS) is 12.0. The molecule has 0 saturated carbocycles. The highest BCUT2D eigenvalue weighted by Crippen LogP contribution is 2.26. The summed E-state index contributed by atoms with van der Waals surface area (Å²) >= 11 is 7.05. The van der Waals surface area contributed by atoms with Crippen LogP contribution in [0.15, 0.2) is 40.6 Å². The molecule has 1 aromatic carbocycles. The van der Waals surface area contributed by atoms with Crippen molar-refractivity contribution in [2.45, 2.75) is 17.3 Å². The first kappa shape index (κ1) is 15.4. The van der Waals surface area contributed by atoms with E-state index in [2.05, 4.69) is 0 Å². The Labute approximate surface area is 126 Å². The van der Waals surface area contributed by atoms with Crippen molar-refractivity contribution in [1.82, 2.24) is 4.31 Å². The van der Waals surface area contributed by atoms with E-state index in [0.29, 0.717) is 10.4 Å². The molecule has 0 bridgehead atoms. The molecular formula is C13H13ClFNO2S2. The Bertz CT molecular complexity index is 700. The van der Waals surface area contributed by atoms with E-state index in [1.165, 1.54) is 34.8 Å². The Morgan fingerprint density at radius 2 is 2.10 bits per heavy atom. The summed E-state index contributed by atoms with van der Waals surface area (Å²) in [6, 6.07) is 7.43. The Morgan fingerprint density at radius 1 is 1.35 bits per heavy atom. The van der Waals surface area contributed by atoms with Gasteiger partial charge in [-0.25, -0.2) is 12.8 Å². The van der Waals surface area contributed by atoms with E-state index < -0.39 is 10.0 Å². The smallest absolute Gasteiger partial charge is 0.207 e. The molecule has 2 aromatic rings. The topological polar surface area (TPSA) is 37.4 Å². The first-order valence-electron chi connectivity index (χ1n) is 5.78. The molecule has 0 amide bonds. The third-order valence-corrected chi connectivity index (χ3v) is 6.17. The molecule has 1 heterocycles. The molecule has 0 unspecified atom stereocenters. The lowest BCUT2D eigenvalue weighted by molar-refractivity contribution is 0.465. The maximum Gasteiger partial charge on any atom is 0.244 e. The second-order valence-electron chi connectivity index (χ2n) is 4.23. The van der Waals surface area contributed by atoms with Gasteiger partial charge in [0, 0.05) is 18.5 Å². The molecule has 0 aliphatic rings. The highest BCUT2D eigenvalue weighted by molar-refractivity contribution is 7.89. The van der Waals surface area contributed by atoms with Gasteiger partial charge in [-0.05, 0) is 29.1 Å². The molecule has 7 heteroatoms. The van der Waals surface area contributed by atoms with Gasteiger partial charge in [0.1, 0.15) is 5.82 Å². The summed E-state index contributed by atoms with van der Waals surface area (Å²) in [5, 5.41) is 1.70.